The van der Waals surface area contributed by atoms with Crippen LogP contribution < -0.4 is 5.56 Å². The lowest BCUT2D eigenvalue weighted by Gasteiger charge is -2.16. The van der Waals surface area contributed by atoms with Gasteiger partial charge in [0.2, 0.25) is 0 Å². The van der Waals surface area contributed by atoms with Crippen molar-refractivity contribution in [1.82, 2.24) is 15.0 Å². The summed E-state index contributed by atoms with van der Waals surface area (Å²) in [6.07, 6.45) is -1.17. The van der Waals surface area contributed by atoms with Gasteiger partial charge in [-0.2, -0.15) is 5.10 Å². The highest BCUT2D eigenvalue weighted by atomic mass is 16.6. The highest BCUT2D eigenvalue weighted by Crippen LogP contribution is 2.20. The van der Waals surface area contributed by atoms with Crippen LogP contribution in [0.2, 0.25) is 0 Å². The van der Waals surface area contributed by atoms with Crippen LogP contribution in [0.25, 0.3) is 11.0 Å². The standard InChI is InChI=1S/C18H17N5O4/c1-22(2)21-15(17(24)11-6-4-3-5-7-11)16-18(25)20-14-10-12(23(26)27)8-9-13(14)19-16/h3-10,17,24H,1-2H3,(H,20,25)/b21-15+/t17-/m0/s1. The minimum atomic E-state index is -1.17. The summed E-state index contributed by atoms with van der Waals surface area (Å²) in [7, 11) is 3.33. The molecular weight excluding hydrogens is 350 g/mol. The molecule has 0 aliphatic heterocycles. The zero-order valence-electron chi connectivity index (χ0n) is 14.7. The third kappa shape index (κ3) is 3.82. The van der Waals surface area contributed by atoms with Gasteiger partial charge in [-0.15, -0.1) is 0 Å². The fourth-order valence-electron chi connectivity index (χ4n) is 2.60. The quantitative estimate of drug-likeness (QED) is 0.403. The molecule has 2 N–H and O–H groups in total. The molecule has 9 heteroatoms. The average Bonchev–Trinajstić information content (AvgIpc) is 2.65. The maximum Gasteiger partial charge on any atom is 0.276 e. The molecule has 0 unspecified atom stereocenters. The van der Waals surface area contributed by atoms with E-state index in [1.807, 2.05) is 6.07 Å². The van der Waals surface area contributed by atoms with Crippen molar-refractivity contribution in [3.8, 4) is 0 Å². The molecule has 0 aliphatic rings. The maximum absolute atomic E-state index is 12.6. The lowest BCUT2D eigenvalue weighted by atomic mass is 10.0. The predicted molar refractivity (Wildman–Crippen MR) is 101 cm³/mol. The smallest absolute Gasteiger partial charge is 0.276 e. The van der Waals surface area contributed by atoms with E-state index in [4.69, 9.17) is 0 Å². The molecule has 0 aliphatic carbocycles. The van der Waals surface area contributed by atoms with Crippen LogP contribution in [-0.4, -0.2) is 44.8 Å². The Morgan fingerprint density at radius 3 is 2.59 bits per heavy atom. The van der Waals surface area contributed by atoms with Gasteiger partial charge in [-0.1, -0.05) is 30.3 Å². The number of nitro groups is 1. The Bertz CT molecular complexity index is 1080. The summed E-state index contributed by atoms with van der Waals surface area (Å²) >= 11 is 0. The number of aromatic nitrogens is 2. The van der Waals surface area contributed by atoms with Gasteiger partial charge in [0.15, 0.2) is 5.69 Å². The van der Waals surface area contributed by atoms with E-state index in [1.165, 1.54) is 23.2 Å². The molecule has 1 aromatic heterocycles. The fraction of sp³-hybridized carbons (Fsp3) is 0.167. The second kappa shape index (κ2) is 7.34. The molecule has 1 atom stereocenters. The molecule has 9 nitrogen and oxygen atoms in total. The largest absolute Gasteiger partial charge is 0.382 e. The molecule has 0 saturated heterocycles. The normalized spacial score (nSPS) is 12.8. The van der Waals surface area contributed by atoms with Crippen LogP contribution in [0.1, 0.15) is 17.4 Å². The molecular formula is C18H17N5O4. The number of aliphatic hydroxyl groups excluding tert-OH is 1. The maximum atomic E-state index is 12.6. The number of hydrogen-bond donors (Lipinski definition) is 2. The summed E-state index contributed by atoms with van der Waals surface area (Å²) in [5, 5.41) is 27.4. The molecule has 0 bridgehead atoms. The van der Waals surface area contributed by atoms with Crippen LogP contribution in [0.3, 0.4) is 0 Å². The van der Waals surface area contributed by atoms with E-state index < -0.39 is 16.6 Å². The zero-order chi connectivity index (χ0) is 19.6. The fourth-order valence-corrected chi connectivity index (χ4v) is 2.60. The monoisotopic (exact) mass is 367 g/mol. The Kier molecular flexibility index (Phi) is 4.95. The third-order valence-corrected chi connectivity index (χ3v) is 3.81. The van der Waals surface area contributed by atoms with Gasteiger partial charge >= 0.3 is 0 Å². The molecule has 1 heterocycles. The number of aromatic amines is 1. The Morgan fingerprint density at radius 1 is 1.26 bits per heavy atom. The van der Waals surface area contributed by atoms with Crippen LogP contribution in [0, 0.1) is 10.1 Å². The average molecular weight is 367 g/mol. The first-order chi connectivity index (χ1) is 12.9. The lowest BCUT2D eigenvalue weighted by Crippen LogP contribution is -2.27. The van der Waals surface area contributed by atoms with Crippen LogP contribution in [0.5, 0.6) is 0 Å². The summed E-state index contributed by atoms with van der Waals surface area (Å²) in [6.45, 7) is 0. The van der Waals surface area contributed by atoms with Crippen molar-refractivity contribution >= 4 is 22.4 Å². The van der Waals surface area contributed by atoms with E-state index in [1.54, 1.807) is 38.4 Å². The Morgan fingerprint density at radius 2 is 1.96 bits per heavy atom. The second-order valence-corrected chi connectivity index (χ2v) is 6.02. The first-order valence-corrected chi connectivity index (χ1v) is 8.04. The number of non-ortho nitro benzene ring substituents is 1. The van der Waals surface area contributed by atoms with Gasteiger partial charge < -0.3 is 15.1 Å². The second-order valence-electron chi connectivity index (χ2n) is 6.02. The van der Waals surface area contributed by atoms with Gasteiger partial charge in [0.1, 0.15) is 11.8 Å². The number of hydrazone groups is 1. The van der Waals surface area contributed by atoms with Gasteiger partial charge in [-0.25, -0.2) is 4.98 Å². The van der Waals surface area contributed by atoms with E-state index in [-0.39, 0.29) is 22.6 Å². The molecule has 0 saturated carbocycles. The van der Waals surface area contributed by atoms with Crippen molar-refractivity contribution in [2.45, 2.75) is 6.10 Å². The van der Waals surface area contributed by atoms with Gasteiger partial charge in [-0.05, 0) is 11.6 Å². The SMILES string of the molecule is CN(C)/N=C(\c1nc2ccc([N+](=O)[O-])cc2[nH]c1=O)[C@@H](O)c1ccccc1. The first-order valence-electron chi connectivity index (χ1n) is 8.04. The number of fused-ring (bicyclic) bond motifs is 1. The summed E-state index contributed by atoms with van der Waals surface area (Å²) in [6, 6.07) is 12.8. The molecule has 0 amide bonds. The van der Waals surface area contributed by atoms with Crippen LogP contribution >= 0.6 is 0 Å². The number of rotatable bonds is 5. The highest BCUT2D eigenvalue weighted by molar-refractivity contribution is 6.03. The van der Waals surface area contributed by atoms with Crippen LogP contribution in [0.4, 0.5) is 5.69 Å². The molecule has 138 valence electrons. The number of nitrogens with zero attached hydrogens (tertiary/aromatic N) is 4. The van der Waals surface area contributed by atoms with Crippen molar-refractivity contribution in [3.05, 3.63) is 80.3 Å². The Labute approximate surface area is 153 Å². The number of hydrogen-bond acceptors (Lipinski definition) is 7. The third-order valence-electron chi connectivity index (χ3n) is 3.81. The number of nitro benzene ring substituents is 1. The number of H-pyrrole nitrogens is 1. The lowest BCUT2D eigenvalue weighted by molar-refractivity contribution is -0.384. The van der Waals surface area contributed by atoms with E-state index >= 15 is 0 Å². The molecule has 3 aromatic rings. The van der Waals surface area contributed by atoms with Crippen LogP contribution in [0.15, 0.2) is 58.4 Å². The van der Waals surface area contributed by atoms with Crippen molar-refractivity contribution in [1.29, 1.82) is 0 Å². The number of benzene rings is 2. The minimum absolute atomic E-state index is 0.0543. The summed E-state index contributed by atoms with van der Waals surface area (Å²) in [5.74, 6) is 0. The summed E-state index contributed by atoms with van der Waals surface area (Å²) in [5.41, 5.74) is 0.410. The van der Waals surface area contributed by atoms with Crippen molar-refractivity contribution in [3.63, 3.8) is 0 Å². The predicted octanol–water partition coefficient (Wildman–Crippen LogP) is 1.83. The zero-order valence-corrected chi connectivity index (χ0v) is 14.7. The molecule has 0 radical (unpaired) electrons. The van der Waals surface area contributed by atoms with Crippen molar-refractivity contribution in [2.75, 3.05) is 14.1 Å². The molecule has 2 aromatic carbocycles. The van der Waals surface area contributed by atoms with Crippen molar-refractivity contribution < 1.29 is 10.0 Å². The van der Waals surface area contributed by atoms with Gasteiger partial charge in [0.25, 0.3) is 11.2 Å². The van der Waals surface area contributed by atoms with E-state index in [2.05, 4.69) is 15.1 Å². The van der Waals surface area contributed by atoms with Crippen molar-refractivity contribution in [2.24, 2.45) is 5.10 Å². The minimum Gasteiger partial charge on any atom is -0.382 e. The van der Waals surface area contributed by atoms with Crippen LogP contribution in [-0.2, 0) is 0 Å². The van der Waals surface area contributed by atoms with E-state index in [9.17, 15) is 20.0 Å². The highest BCUT2D eigenvalue weighted by Gasteiger charge is 2.23. The topological polar surface area (TPSA) is 125 Å². The Hall–Kier alpha value is -3.59. The number of aliphatic hydroxyl groups is 1. The molecule has 0 spiro atoms. The van der Waals surface area contributed by atoms with E-state index in [0.717, 1.165) is 0 Å². The molecule has 27 heavy (non-hydrogen) atoms. The summed E-state index contributed by atoms with van der Waals surface area (Å²) < 4.78 is 0. The summed E-state index contributed by atoms with van der Waals surface area (Å²) in [4.78, 5) is 29.8. The Balaban J connectivity index is 2.16. The van der Waals surface area contributed by atoms with E-state index in [0.29, 0.717) is 11.1 Å². The number of nitrogens with one attached hydrogen (secondary N) is 1. The van der Waals surface area contributed by atoms with Gasteiger partial charge in [0, 0.05) is 26.2 Å². The van der Waals surface area contributed by atoms with Gasteiger partial charge in [0.05, 0.1) is 16.0 Å². The van der Waals surface area contributed by atoms with Gasteiger partial charge in [-0.3, -0.25) is 14.9 Å². The molecule has 3 rings (SSSR count). The molecule has 0 fully saturated rings. The first kappa shape index (κ1) is 18.2.